The minimum absolute atomic E-state index is 0.0276. The largest absolute Gasteiger partial charge is 0.506 e. The number of aliphatic hydroxyl groups excluding tert-OH is 2. The van der Waals surface area contributed by atoms with Crippen LogP contribution in [0, 0.1) is 5.92 Å². The van der Waals surface area contributed by atoms with Crippen molar-refractivity contribution in [2.45, 2.75) is 57.9 Å². The van der Waals surface area contributed by atoms with Crippen LogP contribution < -0.4 is 4.90 Å². The number of thiophene rings is 1. The highest BCUT2D eigenvalue weighted by Crippen LogP contribution is 2.45. The van der Waals surface area contributed by atoms with Gasteiger partial charge in [0.15, 0.2) is 11.5 Å². The van der Waals surface area contributed by atoms with Gasteiger partial charge < -0.3 is 10.2 Å². The number of anilines is 1. The molecule has 2 heterocycles. The molecule has 28 heavy (non-hydrogen) atoms. The van der Waals surface area contributed by atoms with Crippen LogP contribution in [0.2, 0.25) is 0 Å². The van der Waals surface area contributed by atoms with E-state index in [9.17, 15) is 15.0 Å². The number of carbonyl (C=O) groups is 1. The first kappa shape index (κ1) is 19.1. The molecule has 2 aliphatic rings. The van der Waals surface area contributed by atoms with Gasteiger partial charge >= 0.3 is 0 Å². The van der Waals surface area contributed by atoms with Crippen LogP contribution in [0.25, 0.3) is 16.2 Å². The minimum atomic E-state index is -0.548. The number of rotatable bonds is 4. The summed E-state index contributed by atoms with van der Waals surface area (Å²) < 4.78 is 0. The summed E-state index contributed by atoms with van der Waals surface area (Å²) in [7, 11) is 0. The smallest absolute Gasteiger partial charge is 0.228 e. The summed E-state index contributed by atoms with van der Waals surface area (Å²) in [5.74, 6) is 0.422. The lowest BCUT2D eigenvalue weighted by atomic mass is 9.86. The monoisotopic (exact) mass is 397 g/mol. The standard InChI is InChI=1S/C23H27NO3S/c1-15-21(26)22(27)18-14-19(17-10-6-3-7-11-17)28-23(18)24(15)20(25)13-12-16-8-4-2-5-9-16/h3,6-7,10-11,14-16,26-27H,2,4-5,8-9,12-13H2,1H3. The highest BCUT2D eigenvalue weighted by Gasteiger charge is 2.36. The van der Waals surface area contributed by atoms with Crippen molar-refractivity contribution in [3.63, 3.8) is 0 Å². The van der Waals surface area contributed by atoms with E-state index in [0.717, 1.165) is 21.9 Å². The second kappa shape index (κ2) is 8.00. The van der Waals surface area contributed by atoms with E-state index in [0.29, 0.717) is 17.9 Å². The van der Waals surface area contributed by atoms with Crippen molar-refractivity contribution < 1.29 is 15.0 Å². The maximum Gasteiger partial charge on any atom is 0.228 e. The molecule has 1 aliphatic heterocycles. The topological polar surface area (TPSA) is 60.8 Å². The number of benzene rings is 1. The molecule has 5 heteroatoms. The lowest BCUT2D eigenvalue weighted by Gasteiger charge is -2.33. The van der Waals surface area contributed by atoms with Crippen molar-refractivity contribution >= 4 is 28.0 Å². The third kappa shape index (κ3) is 3.55. The van der Waals surface area contributed by atoms with Crippen LogP contribution in [-0.2, 0) is 4.79 Å². The Morgan fingerprint density at radius 3 is 2.57 bits per heavy atom. The molecule has 1 aromatic heterocycles. The van der Waals surface area contributed by atoms with E-state index < -0.39 is 6.04 Å². The Balaban J connectivity index is 1.61. The Labute approximate surface area is 170 Å². The summed E-state index contributed by atoms with van der Waals surface area (Å²) >= 11 is 1.50. The van der Waals surface area contributed by atoms with Crippen molar-refractivity contribution in [2.24, 2.45) is 5.92 Å². The molecule has 0 bridgehead atoms. The molecule has 1 aliphatic carbocycles. The van der Waals surface area contributed by atoms with Crippen LogP contribution in [0.1, 0.15) is 57.4 Å². The first-order valence-corrected chi connectivity index (χ1v) is 11.0. The molecule has 1 atom stereocenters. The number of hydrogen-bond acceptors (Lipinski definition) is 4. The Hall–Kier alpha value is -2.27. The van der Waals surface area contributed by atoms with E-state index in [1.807, 2.05) is 36.4 Å². The maximum absolute atomic E-state index is 13.1. The van der Waals surface area contributed by atoms with Crippen molar-refractivity contribution in [1.82, 2.24) is 0 Å². The van der Waals surface area contributed by atoms with E-state index >= 15 is 0 Å². The third-order valence-corrected chi connectivity index (χ3v) is 7.21. The fraction of sp³-hybridized carbons (Fsp3) is 0.435. The first-order valence-electron chi connectivity index (χ1n) is 10.2. The number of nitrogens with zero attached hydrogens (tertiary/aromatic N) is 1. The van der Waals surface area contributed by atoms with Crippen molar-refractivity contribution in [3.05, 3.63) is 47.7 Å². The average Bonchev–Trinajstić information content (AvgIpc) is 3.17. The predicted octanol–water partition coefficient (Wildman–Crippen LogP) is 6.30. The van der Waals surface area contributed by atoms with Crippen LogP contribution in [0.3, 0.4) is 0 Å². The lowest BCUT2D eigenvalue weighted by molar-refractivity contribution is -0.119. The Morgan fingerprint density at radius 2 is 1.86 bits per heavy atom. The lowest BCUT2D eigenvalue weighted by Crippen LogP contribution is -2.42. The van der Waals surface area contributed by atoms with Gasteiger partial charge in [0.05, 0.1) is 11.6 Å². The van der Waals surface area contributed by atoms with Gasteiger partial charge in [-0.1, -0.05) is 62.4 Å². The highest BCUT2D eigenvalue weighted by molar-refractivity contribution is 7.20. The Bertz CT molecular complexity index is 881. The Kier molecular flexibility index (Phi) is 5.44. The molecular weight excluding hydrogens is 370 g/mol. The molecule has 0 radical (unpaired) electrons. The molecule has 1 fully saturated rings. The van der Waals surface area contributed by atoms with Gasteiger partial charge in [-0.15, -0.1) is 11.3 Å². The molecule has 2 N–H and O–H groups in total. The van der Waals surface area contributed by atoms with Gasteiger partial charge in [-0.05, 0) is 30.9 Å². The van der Waals surface area contributed by atoms with Gasteiger partial charge in [-0.2, -0.15) is 0 Å². The molecule has 0 saturated heterocycles. The summed E-state index contributed by atoms with van der Waals surface area (Å²) in [5, 5.41) is 21.7. The van der Waals surface area contributed by atoms with Gasteiger partial charge in [0.2, 0.25) is 5.91 Å². The average molecular weight is 398 g/mol. The number of hydrogen-bond donors (Lipinski definition) is 2. The second-order valence-electron chi connectivity index (χ2n) is 7.91. The second-order valence-corrected chi connectivity index (χ2v) is 8.94. The van der Waals surface area contributed by atoms with Crippen LogP contribution in [0.4, 0.5) is 5.00 Å². The summed E-state index contributed by atoms with van der Waals surface area (Å²) in [6.07, 6.45) is 7.68. The quantitative estimate of drug-likeness (QED) is 0.637. The summed E-state index contributed by atoms with van der Waals surface area (Å²) in [4.78, 5) is 15.8. The molecular formula is C23H27NO3S. The van der Waals surface area contributed by atoms with E-state index in [1.165, 1.54) is 43.4 Å². The normalized spacial score (nSPS) is 20.3. The van der Waals surface area contributed by atoms with E-state index in [2.05, 4.69) is 0 Å². The number of amides is 1. The van der Waals surface area contributed by atoms with Crippen molar-refractivity contribution in [2.75, 3.05) is 4.90 Å². The zero-order valence-electron chi connectivity index (χ0n) is 16.2. The summed E-state index contributed by atoms with van der Waals surface area (Å²) in [6.45, 7) is 1.77. The van der Waals surface area contributed by atoms with E-state index in [4.69, 9.17) is 0 Å². The van der Waals surface area contributed by atoms with Gasteiger partial charge in [-0.3, -0.25) is 9.69 Å². The van der Waals surface area contributed by atoms with Gasteiger partial charge in [0.25, 0.3) is 0 Å². The maximum atomic E-state index is 13.1. The fourth-order valence-corrected chi connectivity index (χ4v) is 5.62. The molecule has 0 spiro atoms. The van der Waals surface area contributed by atoms with Crippen molar-refractivity contribution in [1.29, 1.82) is 0 Å². The van der Waals surface area contributed by atoms with Gasteiger partial charge in [-0.25, -0.2) is 0 Å². The molecule has 1 aromatic carbocycles. The third-order valence-electron chi connectivity index (χ3n) is 6.03. The van der Waals surface area contributed by atoms with Gasteiger partial charge in [0, 0.05) is 11.3 Å². The van der Waals surface area contributed by atoms with Crippen LogP contribution >= 0.6 is 11.3 Å². The highest BCUT2D eigenvalue weighted by atomic mass is 32.1. The zero-order chi connectivity index (χ0) is 19.7. The molecule has 1 unspecified atom stereocenters. The molecule has 4 rings (SSSR count). The molecule has 2 aromatic rings. The molecule has 4 nitrogen and oxygen atoms in total. The van der Waals surface area contributed by atoms with Crippen LogP contribution in [0.5, 0.6) is 0 Å². The van der Waals surface area contributed by atoms with Crippen LogP contribution in [-0.4, -0.2) is 22.2 Å². The summed E-state index contributed by atoms with van der Waals surface area (Å²) in [6, 6.07) is 11.2. The van der Waals surface area contributed by atoms with Gasteiger partial charge in [0.1, 0.15) is 5.00 Å². The minimum Gasteiger partial charge on any atom is -0.506 e. The summed E-state index contributed by atoms with van der Waals surface area (Å²) in [5.41, 5.74) is 1.59. The van der Waals surface area contributed by atoms with Crippen molar-refractivity contribution in [3.8, 4) is 10.4 Å². The Morgan fingerprint density at radius 1 is 1.14 bits per heavy atom. The number of aliphatic hydroxyl groups is 2. The number of fused-ring (bicyclic) bond motifs is 1. The number of carbonyl (C=O) groups excluding carboxylic acids is 1. The SMILES string of the molecule is CC1C(O)=C(O)c2cc(-c3ccccc3)sc2N1C(=O)CCC1CCCCC1. The zero-order valence-corrected chi connectivity index (χ0v) is 17.0. The molecule has 1 amide bonds. The molecule has 1 saturated carbocycles. The van der Waals surface area contributed by atoms with Crippen LogP contribution in [0.15, 0.2) is 42.2 Å². The predicted molar refractivity (Wildman–Crippen MR) is 115 cm³/mol. The first-order chi connectivity index (χ1) is 13.6. The van der Waals surface area contributed by atoms with E-state index in [1.54, 1.807) is 11.8 Å². The fourth-order valence-electron chi connectivity index (χ4n) is 4.36. The van der Waals surface area contributed by atoms with E-state index in [-0.39, 0.29) is 17.4 Å². The molecule has 148 valence electrons.